The molecule has 0 radical (unpaired) electrons. The van der Waals surface area contributed by atoms with Crippen LogP contribution in [0.5, 0.6) is 0 Å². The van der Waals surface area contributed by atoms with Crippen LogP contribution in [0.1, 0.15) is 11.1 Å². The molecule has 3 nitrogen and oxygen atoms in total. The van der Waals surface area contributed by atoms with Gasteiger partial charge in [-0.2, -0.15) is 0 Å². The van der Waals surface area contributed by atoms with Gasteiger partial charge in [0.15, 0.2) is 0 Å². The summed E-state index contributed by atoms with van der Waals surface area (Å²) in [7, 11) is 0. The van der Waals surface area contributed by atoms with E-state index in [1.165, 1.54) is 12.1 Å². The van der Waals surface area contributed by atoms with Crippen LogP contribution in [0.15, 0.2) is 40.9 Å². The van der Waals surface area contributed by atoms with Crippen LogP contribution in [0.25, 0.3) is 0 Å². The predicted octanol–water partition coefficient (Wildman–Crippen LogP) is 2.92. The van der Waals surface area contributed by atoms with Crippen molar-refractivity contribution in [2.75, 3.05) is 5.32 Å². The number of hydrogen-bond acceptors (Lipinski definition) is 2. The minimum Gasteiger partial charge on any atom is -0.371 e. The molecule has 0 saturated heterocycles. The maximum Gasteiger partial charge on any atom is 0.266 e. The highest BCUT2D eigenvalue weighted by Gasteiger charge is 2.50. The zero-order valence-electron chi connectivity index (χ0n) is 9.95. The summed E-state index contributed by atoms with van der Waals surface area (Å²) in [5.41, 5.74) is -2.61. The zero-order valence-corrected chi connectivity index (χ0v) is 11.5. The molecule has 1 heterocycles. The summed E-state index contributed by atoms with van der Waals surface area (Å²) in [6.07, 6.45) is 0. The highest BCUT2D eigenvalue weighted by Crippen LogP contribution is 2.43. The Morgan fingerprint density at radius 1 is 1.15 bits per heavy atom. The monoisotopic (exact) mass is 339 g/mol. The number of fused-ring (bicyclic) bond motifs is 1. The smallest absolute Gasteiger partial charge is 0.266 e. The predicted molar refractivity (Wildman–Crippen MR) is 72.1 cm³/mol. The van der Waals surface area contributed by atoms with Crippen LogP contribution in [0.4, 0.5) is 14.5 Å². The Morgan fingerprint density at radius 3 is 2.60 bits per heavy atom. The van der Waals surface area contributed by atoms with Crippen molar-refractivity contribution in [1.29, 1.82) is 0 Å². The molecule has 1 aliphatic heterocycles. The number of benzene rings is 2. The van der Waals surface area contributed by atoms with Crippen molar-refractivity contribution < 1.29 is 18.7 Å². The molecule has 6 heteroatoms. The summed E-state index contributed by atoms with van der Waals surface area (Å²) in [5.74, 6) is -2.87. The van der Waals surface area contributed by atoms with Crippen molar-refractivity contribution in [3.63, 3.8) is 0 Å². The van der Waals surface area contributed by atoms with E-state index < -0.39 is 28.7 Å². The average Bonchev–Trinajstić information content (AvgIpc) is 2.68. The Kier molecular flexibility index (Phi) is 2.88. The molecule has 1 amide bonds. The molecular weight excluding hydrogens is 332 g/mol. The molecule has 3 rings (SSSR count). The fourth-order valence-corrected chi connectivity index (χ4v) is 2.68. The molecule has 0 spiro atoms. The van der Waals surface area contributed by atoms with Crippen LogP contribution in [0.3, 0.4) is 0 Å². The van der Waals surface area contributed by atoms with E-state index in [9.17, 15) is 18.7 Å². The molecule has 2 N–H and O–H groups in total. The summed E-state index contributed by atoms with van der Waals surface area (Å²) in [6, 6.07) is 8.41. The topological polar surface area (TPSA) is 49.3 Å². The average molecular weight is 340 g/mol. The summed E-state index contributed by atoms with van der Waals surface area (Å²) >= 11 is 2.93. The first kappa shape index (κ1) is 13.2. The molecule has 20 heavy (non-hydrogen) atoms. The van der Waals surface area contributed by atoms with Gasteiger partial charge in [0.05, 0.1) is 10.0 Å². The van der Waals surface area contributed by atoms with Gasteiger partial charge < -0.3 is 10.4 Å². The van der Waals surface area contributed by atoms with Gasteiger partial charge in [0.25, 0.3) is 5.91 Å². The minimum atomic E-state index is -2.38. The highest BCUT2D eigenvalue weighted by molar-refractivity contribution is 9.10. The lowest BCUT2D eigenvalue weighted by atomic mass is 9.87. The van der Waals surface area contributed by atoms with Crippen LogP contribution < -0.4 is 5.32 Å². The summed E-state index contributed by atoms with van der Waals surface area (Å²) in [4.78, 5) is 12.1. The Morgan fingerprint density at radius 2 is 1.85 bits per heavy atom. The van der Waals surface area contributed by atoms with Crippen molar-refractivity contribution in [2.24, 2.45) is 0 Å². The van der Waals surface area contributed by atoms with Gasteiger partial charge in [-0.05, 0) is 34.1 Å². The molecule has 0 aromatic heterocycles. The third kappa shape index (κ3) is 1.61. The van der Waals surface area contributed by atoms with Gasteiger partial charge >= 0.3 is 0 Å². The van der Waals surface area contributed by atoms with Crippen molar-refractivity contribution in [3.8, 4) is 0 Å². The fourth-order valence-electron chi connectivity index (χ4n) is 2.35. The third-order valence-corrected chi connectivity index (χ3v) is 3.91. The normalized spacial score (nSPS) is 20.7. The molecule has 1 atom stereocenters. The number of anilines is 1. The lowest BCUT2D eigenvalue weighted by molar-refractivity contribution is -0.130. The summed E-state index contributed by atoms with van der Waals surface area (Å²) in [6.45, 7) is 0. The number of nitrogens with one attached hydrogen (secondary N) is 1. The highest BCUT2D eigenvalue weighted by atomic mass is 79.9. The zero-order chi connectivity index (χ0) is 14.5. The van der Waals surface area contributed by atoms with Gasteiger partial charge in [0.1, 0.15) is 11.6 Å². The van der Waals surface area contributed by atoms with Crippen molar-refractivity contribution in [1.82, 2.24) is 0 Å². The van der Waals surface area contributed by atoms with Crippen molar-refractivity contribution in [2.45, 2.75) is 5.60 Å². The van der Waals surface area contributed by atoms with Gasteiger partial charge in [-0.3, -0.25) is 4.79 Å². The molecule has 0 aliphatic carbocycles. The van der Waals surface area contributed by atoms with Gasteiger partial charge in [0, 0.05) is 11.3 Å². The lowest BCUT2D eigenvalue weighted by Gasteiger charge is -2.22. The number of carbonyl (C=O) groups excluding carboxylic acids is 1. The number of para-hydroxylation sites is 1. The number of hydrogen-bond donors (Lipinski definition) is 2. The first-order valence-corrected chi connectivity index (χ1v) is 6.53. The second-order valence-electron chi connectivity index (χ2n) is 4.43. The van der Waals surface area contributed by atoms with Gasteiger partial charge in [-0.1, -0.05) is 18.2 Å². The molecular formula is C14H8BrF2NO2. The van der Waals surface area contributed by atoms with E-state index in [1.54, 1.807) is 18.2 Å². The van der Waals surface area contributed by atoms with Crippen molar-refractivity contribution in [3.05, 3.63) is 63.6 Å². The number of rotatable bonds is 1. The Labute approximate surface area is 121 Å². The van der Waals surface area contributed by atoms with E-state index in [2.05, 4.69) is 21.2 Å². The minimum absolute atomic E-state index is 0.0282. The molecule has 1 aliphatic rings. The number of carbonyl (C=O) groups is 1. The molecule has 0 bridgehead atoms. The van der Waals surface area contributed by atoms with Gasteiger partial charge in [-0.15, -0.1) is 0 Å². The lowest BCUT2D eigenvalue weighted by Crippen LogP contribution is -2.37. The Balaban J connectivity index is 2.34. The first-order valence-electron chi connectivity index (χ1n) is 5.73. The molecule has 102 valence electrons. The van der Waals surface area contributed by atoms with Crippen LogP contribution in [0, 0.1) is 11.6 Å². The van der Waals surface area contributed by atoms with Crippen molar-refractivity contribution >= 4 is 27.5 Å². The van der Waals surface area contributed by atoms with Crippen LogP contribution in [-0.4, -0.2) is 11.0 Å². The van der Waals surface area contributed by atoms with E-state index in [-0.39, 0.29) is 10.0 Å². The SMILES string of the molecule is O=C1Nc2ccccc2C1(O)c1c(F)ccc(Br)c1F. The maximum absolute atomic E-state index is 14.2. The third-order valence-electron chi connectivity index (χ3n) is 3.30. The van der Waals surface area contributed by atoms with E-state index in [0.717, 1.165) is 6.07 Å². The number of amides is 1. The standard InChI is InChI=1S/C14H8BrF2NO2/c15-8-5-6-9(16)11(12(8)17)14(20)7-3-1-2-4-10(7)18-13(14)19/h1-6,20H,(H,18,19). The second-order valence-corrected chi connectivity index (χ2v) is 5.28. The van der Waals surface area contributed by atoms with E-state index in [1.807, 2.05) is 0 Å². The Hall–Kier alpha value is -1.79. The van der Waals surface area contributed by atoms with Crippen LogP contribution in [0.2, 0.25) is 0 Å². The quantitative estimate of drug-likeness (QED) is 0.785. The number of halogens is 3. The number of aliphatic hydroxyl groups is 1. The van der Waals surface area contributed by atoms with E-state index in [4.69, 9.17) is 0 Å². The van der Waals surface area contributed by atoms with E-state index >= 15 is 0 Å². The summed E-state index contributed by atoms with van der Waals surface area (Å²) in [5, 5.41) is 13.1. The van der Waals surface area contributed by atoms with Gasteiger partial charge in [-0.25, -0.2) is 8.78 Å². The van der Waals surface area contributed by atoms with Crippen LogP contribution in [-0.2, 0) is 10.4 Å². The van der Waals surface area contributed by atoms with E-state index in [0.29, 0.717) is 5.69 Å². The Bertz CT molecular complexity index is 735. The molecule has 0 saturated carbocycles. The molecule has 0 fully saturated rings. The second kappa shape index (κ2) is 4.36. The fraction of sp³-hybridized carbons (Fsp3) is 0.0714. The van der Waals surface area contributed by atoms with Gasteiger partial charge in [0.2, 0.25) is 5.60 Å². The van der Waals surface area contributed by atoms with Crippen LogP contribution >= 0.6 is 15.9 Å². The summed E-state index contributed by atoms with van der Waals surface area (Å²) < 4.78 is 28.2. The largest absolute Gasteiger partial charge is 0.371 e. The molecule has 2 aromatic rings. The molecule has 2 aromatic carbocycles. The first-order chi connectivity index (χ1) is 9.46. The maximum atomic E-state index is 14.2. The molecule has 1 unspecified atom stereocenters.